The molecular weight excluding hydrogens is 418 g/mol. The third-order valence-electron chi connectivity index (χ3n) is 3.85. The van der Waals surface area contributed by atoms with Gasteiger partial charge in [-0.3, -0.25) is 14.9 Å². The normalized spacial score (nSPS) is 11.1. The van der Waals surface area contributed by atoms with Crippen molar-refractivity contribution in [3.8, 4) is 5.75 Å². The molecule has 0 atom stereocenters. The van der Waals surface area contributed by atoms with Crippen LogP contribution in [0.1, 0.15) is 10.4 Å². The summed E-state index contributed by atoms with van der Waals surface area (Å²) in [6.07, 6.45) is 0. The first-order valence-electron chi connectivity index (χ1n) is 8.38. The van der Waals surface area contributed by atoms with Gasteiger partial charge in [0.1, 0.15) is 5.75 Å². The number of ether oxygens (including phenoxy) is 2. The lowest BCUT2D eigenvalue weighted by Gasteiger charge is -2.12. The predicted molar refractivity (Wildman–Crippen MR) is 106 cm³/mol. The fourth-order valence-electron chi connectivity index (χ4n) is 2.29. The van der Waals surface area contributed by atoms with E-state index in [9.17, 15) is 28.1 Å². The third kappa shape index (κ3) is 5.30. The van der Waals surface area contributed by atoms with Gasteiger partial charge in [-0.05, 0) is 24.3 Å². The maximum atomic E-state index is 12.2. The fourth-order valence-corrected chi connectivity index (χ4v) is 3.24. The van der Waals surface area contributed by atoms with Crippen LogP contribution in [0.3, 0.4) is 0 Å². The Morgan fingerprint density at radius 2 is 1.87 bits per heavy atom. The Balaban J connectivity index is 2.05. The van der Waals surface area contributed by atoms with E-state index in [2.05, 4.69) is 5.32 Å². The van der Waals surface area contributed by atoms with Crippen molar-refractivity contribution >= 4 is 33.3 Å². The standard InChI is InChI=1S/C18H19N3O8S/c1-20(2)30(26,27)14-6-4-5-12(9-14)18(23)29-11-17(22)19-15-8-7-13(21(24)25)10-16(15)28-3/h4-10H,11H2,1-3H3,(H,19,22). The third-order valence-corrected chi connectivity index (χ3v) is 5.66. The monoisotopic (exact) mass is 437 g/mol. The lowest BCUT2D eigenvalue weighted by molar-refractivity contribution is -0.384. The molecule has 2 aromatic carbocycles. The molecule has 30 heavy (non-hydrogen) atoms. The number of non-ortho nitro benzene ring substituents is 1. The molecule has 12 heteroatoms. The molecule has 11 nitrogen and oxygen atoms in total. The first-order chi connectivity index (χ1) is 14.1. The molecule has 0 aliphatic heterocycles. The minimum atomic E-state index is -3.74. The molecule has 0 fully saturated rings. The summed E-state index contributed by atoms with van der Waals surface area (Å²) in [6.45, 7) is -0.663. The van der Waals surface area contributed by atoms with Gasteiger partial charge >= 0.3 is 5.97 Å². The summed E-state index contributed by atoms with van der Waals surface area (Å²) in [4.78, 5) is 34.4. The molecule has 0 aliphatic rings. The van der Waals surface area contributed by atoms with E-state index in [0.717, 1.165) is 16.4 Å². The van der Waals surface area contributed by atoms with Crippen LogP contribution in [0, 0.1) is 10.1 Å². The van der Waals surface area contributed by atoms with Crippen molar-refractivity contribution in [2.24, 2.45) is 0 Å². The quantitative estimate of drug-likeness (QED) is 0.373. The highest BCUT2D eigenvalue weighted by molar-refractivity contribution is 7.89. The Kier molecular flexibility index (Phi) is 7.08. The summed E-state index contributed by atoms with van der Waals surface area (Å²) in [5, 5.41) is 13.2. The molecule has 1 amide bonds. The zero-order valence-electron chi connectivity index (χ0n) is 16.3. The van der Waals surface area contributed by atoms with E-state index >= 15 is 0 Å². The van der Waals surface area contributed by atoms with Crippen LogP contribution >= 0.6 is 0 Å². The van der Waals surface area contributed by atoms with Crippen molar-refractivity contribution in [2.75, 3.05) is 33.1 Å². The molecule has 2 rings (SSSR count). The van der Waals surface area contributed by atoms with E-state index < -0.39 is 33.4 Å². The highest BCUT2D eigenvalue weighted by Crippen LogP contribution is 2.28. The maximum absolute atomic E-state index is 12.2. The summed E-state index contributed by atoms with van der Waals surface area (Å²) < 4.78 is 35.2. The highest BCUT2D eigenvalue weighted by Gasteiger charge is 2.20. The minimum absolute atomic E-state index is 0.0429. The van der Waals surface area contributed by atoms with Crippen LogP contribution in [0.15, 0.2) is 47.4 Å². The van der Waals surface area contributed by atoms with Gasteiger partial charge in [0.2, 0.25) is 10.0 Å². The Bertz CT molecular complexity index is 1080. The van der Waals surface area contributed by atoms with Gasteiger partial charge < -0.3 is 14.8 Å². The summed E-state index contributed by atoms with van der Waals surface area (Å²) in [5.41, 5.74) is -0.106. The Labute approximate surface area is 172 Å². The van der Waals surface area contributed by atoms with Crippen LogP contribution < -0.4 is 10.1 Å². The van der Waals surface area contributed by atoms with E-state index in [-0.39, 0.29) is 27.6 Å². The molecule has 0 unspecified atom stereocenters. The van der Waals surface area contributed by atoms with Crippen LogP contribution in [-0.2, 0) is 19.6 Å². The molecule has 0 radical (unpaired) electrons. The topological polar surface area (TPSA) is 145 Å². The molecule has 1 N–H and O–H groups in total. The largest absolute Gasteiger partial charge is 0.494 e. The number of nitro benzene ring substituents is 1. The van der Waals surface area contributed by atoms with Crippen LogP contribution in [0.2, 0.25) is 0 Å². The molecule has 0 aromatic heterocycles. The van der Waals surface area contributed by atoms with Gasteiger partial charge in [-0.2, -0.15) is 0 Å². The van der Waals surface area contributed by atoms with Gasteiger partial charge in [0.25, 0.3) is 11.6 Å². The average Bonchev–Trinajstić information content (AvgIpc) is 2.72. The Morgan fingerprint density at radius 3 is 2.47 bits per heavy atom. The predicted octanol–water partition coefficient (Wildman–Crippen LogP) is 1.65. The zero-order chi connectivity index (χ0) is 22.5. The number of anilines is 1. The van der Waals surface area contributed by atoms with Crippen molar-refractivity contribution in [3.05, 3.63) is 58.1 Å². The average molecular weight is 437 g/mol. The number of methoxy groups -OCH3 is 1. The summed E-state index contributed by atoms with van der Waals surface area (Å²) in [7, 11) is 0.260. The number of carbonyl (C=O) groups excluding carboxylic acids is 2. The number of nitrogens with one attached hydrogen (secondary N) is 1. The van der Waals surface area contributed by atoms with Gasteiger partial charge in [0.05, 0.1) is 34.2 Å². The molecular formula is C18H19N3O8S. The molecule has 0 spiro atoms. The van der Waals surface area contributed by atoms with Gasteiger partial charge in [-0.1, -0.05) is 6.07 Å². The van der Waals surface area contributed by atoms with E-state index in [4.69, 9.17) is 9.47 Å². The second-order valence-electron chi connectivity index (χ2n) is 6.08. The number of hydrogen-bond donors (Lipinski definition) is 1. The molecule has 0 saturated heterocycles. The fraction of sp³-hybridized carbons (Fsp3) is 0.222. The Hall–Kier alpha value is -3.51. The van der Waals surface area contributed by atoms with Gasteiger partial charge in [-0.15, -0.1) is 0 Å². The van der Waals surface area contributed by atoms with Crippen molar-refractivity contribution in [2.45, 2.75) is 4.90 Å². The number of sulfonamides is 1. The maximum Gasteiger partial charge on any atom is 0.338 e. The van der Waals surface area contributed by atoms with E-state index in [1.54, 1.807) is 0 Å². The first-order valence-corrected chi connectivity index (χ1v) is 9.82. The second-order valence-corrected chi connectivity index (χ2v) is 8.23. The van der Waals surface area contributed by atoms with E-state index in [1.807, 2.05) is 0 Å². The molecule has 2 aromatic rings. The van der Waals surface area contributed by atoms with Gasteiger partial charge in [0.15, 0.2) is 6.61 Å². The van der Waals surface area contributed by atoms with Gasteiger partial charge in [0, 0.05) is 20.2 Å². The molecule has 0 aliphatic carbocycles. The van der Waals surface area contributed by atoms with Crippen LogP contribution in [0.5, 0.6) is 5.75 Å². The summed E-state index contributed by atoms with van der Waals surface area (Å²) in [6, 6.07) is 8.82. The molecule has 160 valence electrons. The number of nitrogens with zero attached hydrogens (tertiary/aromatic N) is 2. The van der Waals surface area contributed by atoms with E-state index in [0.29, 0.717) is 0 Å². The van der Waals surface area contributed by atoms with Crippen molar-refractivity contribution in [3.63, 3.8) is 0 Å². The first kappa shape index (κ1) is 22.8. The zero-order valence-corrected chi connectivity index (χ0v) is 17.1. The van der Waals surface area contributed by atoms with Crippen LogP contribution in [0.25, 0.3) is 0 Å². The number of nitro groups is 1. The van der Waals surface area contributed by atoms with Crippen molar-refractivity contribution < 1.29 is 32.4 Å². The number of rotatable bonds is 8. The number of esters is 1. The summed E-state index contributed by atoms with van der Waals surface area (Å²) >= 11 is 0. The second kappa shape index (κ2) is 9.33. The highest BCUT2D eigenvalue weighted by atomic mass is 32.2. The number of hydrogen-bond acceptors (Lipinski definition) is 8. The summed E-state index contributed by atoms with van der Waals surface area (Å²) in [5.74, 6) is -1.55. The van der Waals surface area contributed by atoms with Crippen LogP contribution in [-0.4, -0.2) is 57.3 Å². The molecule has 0 heterocycles. The van der Waals surface area contributed by atoms with Crippen molar-refractivity contribution in [1.29, 1.82) is 0 Å². The Morgan fingerprint density at radius 1 is 1.17 bits per heavy atom. The lowest BCUT2D eigenvalue weighted by Crippen LogP contribution is -2.23. The SMILES string of the molecule is COc1cc([N+](=O)[O-])ccc1NC(=O)COC(=O)c1cccc(S(=O)(=O)N(C)C)c1. The lowest BCUT2D eigenvalue weighted by atomic mass is 10.2. The van der Waals surface area contributed by atoms with Crippen LogP contribution in [0.4, 0.5) is 11.4 Å². The van der Waals surface area contributed by atoms with Gasteiger partial charge in [-0.25, -0.2) is 17.5 Å². The smallest absolute Gasteiger partial charge is 0.338 e. The number of amides is 1. The van der Waals surface area contributed by atoms with E-state index in [1.165, 1.54) is 51.5 Å². The van der Waals surface area contributed by atoms with Crippen molar-refractivity contribution in [1.82, 2.24) is 4.31 Å². The molecule has 0 saturated carbocycles. The number of benzene rings is 2. The number of carbonyl (C=O) groups is 2. The molecule has 0 bridgehead atoms. The minimum Gasteiger partial charge on any atom is -0.494 e.